The first-order chi connectivity index (χ1) is 17.8. The highest BCUT2D eigenvalue weighted by Crippen LogP contribution is 2.46. The van der Waals surface area contributed by atoms with Crippen LogP contribution in [0.15, 0.2) is 65.8 Å². The molecular formula is C30H34N6O. The van der Waals surface area contributed by atoms with Crippen molar-refractivity contribution in [3.05, 3.63) is 71.9 Å². The minimum atomic E-state index is 0.150. The maximum Gasteiger partial charge on any atom is 0.308 e. The van der Waals surface area contributed by atoms with Gasteiger partial charge in [0.2, 0.25) is 12.1 Å². The number of piperazine rings is 1. The summed E-state index contributed by atoms with van der Waals surface area (Å²) in [5, 5.41) is 9.17. The van der Waals surface area contributed by atoms with E-state index in [1.165, 1.54) is 24.0 Å². The summed E-state index contributed by atoms with van der Waals surface area (Å²) in [5.41, 5.74) is 5.29. The Hall–Kier alpha value is -3.92. The molecule has 2 heterocycles. The van der Waals surface area contributed by atoms with Crippen LogP contribution in [0.5, 0.6) is 5.75 Å². The summed E-state index contributed by atoms with van der Waals surface area (Å²) in [7, 11) is 0. The zero-order chi connectivity index (χ0) is 26.0. The summed E-state index contributed by atoms with van der Waals surface area (Å²) in [5.74, 6) is 1.38. The van der Waals surface area contributed by atoms with Crippen LogP contribution in [0.1, 0.15) is 51.7 Å². The Morgan fingerprint density at radius 1 is 0.919 bits per heavy atom. The number of nitrogens with zero attached hydrogens (tertiary/aromatic N) is 6. The second-order valence-electron chi connectivity index (χ2n) is 11.2. The third kappa shape index (κ3) is 5.15. The second-order valence-corrected chi connectivity index (χ2v) is 11.2. The maximum absolute atomic E-state index is 9.17. The summed E-state index contributed by atoms with van der Waals surface area (Å²) in [6.07, 6.45) is 6.10. The van der Waals surface area contributed by atoms with Crippen LogP contribution in [0, 0.1) is 11.5 Å². The number of amidine groups is 1. The van der Waals surface area contributed by atoms with Gasteiger partial charge < -0.3 is 14.5 Å². The largest absolute Gasteiger partial charge is 0.425 e. The fourth-order valence-electron chi connectivity index (χ4n) is 5.30. The van der Waals surface area contributed by atoms with Crippen LogP contribution in [0.3, 0.4) is 0 Å². The van der Waals surface area contributed by atoms with Crippen LogP contribution in [-0.2, 0) is 10.8 Å². The number of nitriles is 1. The lowest BCUT2D eigenvalue weighted by atomic mass is 9.63. The number of anilines is 1. The molecule has 2 aliphatic rings. The van der Waals surface area contributed by atoms with Crippen LogP contribution in [-0.4, -0.2) is 47.1 Å². The normalized spacial score (nSPS) is 18.6. The third-order valence-corrected chi connectivity index (χ3v) is 7.72. The summed E-state index contributed by atoms with van der Waals surface area (Å²) in [6.45, 7) is 12.1. The number of para-hydroxylation sites is 1. The lowest BCUT2D eigenvalue weighted by Crippen LogP contribution is -2.50. The molecule has 0 bridgehead atoms. The first-order valence-electron chi connectivity index (χ1n) is 12.9. The van der Waals surface area contributed by atoms with Crippen LogP contribution < -0.4 is 9.64 Å². The van der Waals surface area contributed by atoms with Gasteiger partial charge in [0, 0.05) is 37.9 Å². The smallest absolute Gasteiger partial charge is 0.308 e. The van der Waals surface area contributed by atoms with Gasteiger partial charge in [0.05, 0.1) is 5.69 Å². The van der Waals surface area contributed by atoms with Crippen molar-refractivity contribution in [3.63, 3.8) is 0 Å². The van der Waals surface area contributed by atoms with E-state index in [1.807, 2.05) is 53.7 Å². The summed E-state index contributed by atoms with van der Waals surface area (Å²) in [6, 6.07) is 18.6. The van der Waals surface area contributed by atoms with Gasteiger partial charge in [0.25, 0.3) is 0 Å². The molecule has 3 aromatic rings. The standard InChI is InChI=1S/C30H34N6O/c1-29(2)13-14-30(3,4)25-20-22(10-11-24(25)29)26-12-15-32-27(34-26)35-16-18-36(19-17-35)28(33-21-31)37-23-8-6-5-7-9-23/h5-12,15,20H,13-14,16-19H2,1-4H3. The van der Waals surface area contributed by atoms with Gasteiger partial charge in [0.15, 0.2) is 0 Å². The van der Waals surface area contributed by atoms with Crippen LogP contribution in [0.25, 0.3) is 11.3 Å². The SMILES string of the molecule is CC1(C)CCC(C)(C)c2cc(-c3ccnc(N4CCN(C(=NC#N)Oc5ccccc5)CC4)n3)ccc21. The topological polar surface area (TPSA) is 77.6 Å². The van der Waals surface area contributed by atoms with Crippen molar-refractivity contribution in [2.24, 2.45) is 4.99 Å². The van der Waals surface area contributed by atoms with E-state index in [-0.39, 0.29) is 10.8 Å². The van der Waals surface area contributed by atoms with Crippen LogP contribution >= 0.6 is 0 Å². The van der Waals surface area contributed by atoms with Gasteiger partial charge >= 0.3 is 6.02 Å². The summed E-state index contributed by atoms with van der Waals surface area (Å²) < 4.78 is 5.89. The molecule has 1 aliphatic carbocycles. The van der Waals surface area contributed by atoms with Gasteiger partial charge in [-0.1, -0.05) is 58.0 Å². The molecular weight excluding hydrogens is 460 g/mol. The van der Waals surface area contributed by atoms with E-state index in [9.17, 15) is 5.26 Å². The zero-order valence-corrected chi connectivity index (χ0v) is 22.1. The van der Waals surface area contributed by atoms with Crippen molar-refractivity contribution < 1.29 is 4.74 Å². The molecule has 190 valence electrons. The van der Waals surface area contributed by atoms with E-state index in [1.54, 1.807) is 0 Å². The van der Waals surface area contributed by atoms with Crippen molar-refractivity contribution >= 4 is 12.0 Å². The second kappa shape index (κ2) is 9.85. The van der Waals surface area contributed by atoms with Crippen LogP contribution in [0.4, 0.5) is 5.95 Å². The van der Waals surface area contributed by atoms with Crippen molar-refractivity contribution in [2.75, 3.05) is 31.1 Å². The zero-order valence-electron chi connectivity index (χ0n) is 22.1. The van der Waals surface area contributed by atoms with E-state index >= 15 is 0 Å². The van der Waals surface area contributed by atoms with Gasteiger partial charge in [0.1, 0.15) is 5.75 Å². The number of hydrogen-bond donors (Lipinski definition) is 0. The van der Waals surface area contributed by atoms with E-state index in [0.717, 1.165) is 17.2 Å². The highest BCUT2D eigenvalue weighted by molar-refractivity contribution is 5.77. The molecule has 0 N–H and O–H groups in total. The Kier molecular flexibility index (Phi) is 6.59. The average molecular weight is 495 g/mol. The molecule has 0 radical (unpaired) electrons. The quantitative estimate of drug-likeness (QED) is 0.271. The Morgan fingerprint density at radius 2 is 1.62 bits per heavy atom. The average Bonchev–Trinajstić information content (AvgIpc) is 2.92. The number of ether oxygens (including phenoxy) is 1. The van der Waals surface area contributed by atoms with E-state index < -0.39 is 0 Å². The predicted octanol–water partition coefficient (Wildman–Crippen LogP) is 5.53. The molecule has 1 fully saturated rings. The monoisotopic (exact) mass is 494 g/mol. The van der Waals surface area contributed by atoms with Gasteiger partial charge in [-0.15, -0.1) is 4.99 Å². The first kappa shape index (κ1) is 24.8. The molecule has 37 heavy (non-hydrogen) atoms. The molecule has 1 aliphatic heterocycles. The van der Waals surface area contributed by atoms with Crippen LogP contribution in [0.2, 0.25) is 0 Å². The van der Waals surface area contributed by atoms with E-state index in [4.69, 9.17) is 9.72 Å². The van der Waals surface area contributed by atoms with Crippen molar-refractivity contribution in [3.8, 4) is 23.2 Å². The first-order valence-corrected chi connectivity index (χ1v) is 12.9. The van der Waals surface area contributed by atoms with Gasteiger partial charge in [-0.05, 0) is 59.1 Å². The predicted molar refractivity (Wildman–Crippen MR) is 147 cm³/mol. The fraction of sp³-hybridized carbons (Fsp3) is 0.400. The Balaban J connectivity index is 1.32. The molecule has 5 rings (SSSR count). The van der Waals surface area contributed by atoms with E-state index in [0.29, 0.717) is 38.0 Å². The lowest BCUT2D eigenvalue weighted by molar-refractivity contribution is 0.319. The minimum Gasteiger partial charge on any atom is -0.425 e. The molecule has 0 amide bonds. The lowest BCUT2D eigenvalue weighted by Gasteiger charge is -2.42. The molecule has 0 unspecified atom stereocenters. The molecule has 1 aromatic heterocycles. The number of aliphatic imine (C=N–C) groups is 1. The summed E-state index contributed by atoms with van der Waals surface area (Å²) in [4.78, 5) is 17.6. The molecule has 7 heteroatoms. The molecule has 2 aromatic carbocycles. The van der Waals surface area contributed by atoms with Crippen molar-refractivity contribution in [2.45, 2.75) is 51.4 Å². The molecule has 1 saturated heterocycles. The van der Waals surface area contributed by atoms with Gasteiger partial charge in [-0.2, -0.15) is 5.26 Å². The number of rotatable bonds is 3. The number of fused-ring (bicyclic) bond motifs is 1. The molecule has 0 spiro atoms. The van der Waals surface area contributed by atoms with Crippen molar-refractivity contribution in [1.29, 1.82) is 5.26 Å². The highest BCUT2D eigenvalue weighted by atomic mass is 16.5. The van der Waals surface area contributed by atoms with Crippen molar-refractivity contribution in [1.82, 2.24) is 14.9 Å². The van der Waals surface area contributed by atoms with Gasteiger partial charge in [-0.25, -0.2) is 9.97 Å². The number of benzene rings is 2. The highest BCUT2D eigenvalue weighted by Gasteiger charge is 2.37. The molecule has 0 atom stereocenters. The maximum atomic E-state index is 9.17. The minimum absolute atomic E-state index is 0.150. The van der Waals surface area contributed by atoms with Gasteiger partial charge in [-0.3, -0.25) is 0 Å². The molecule has 7 nitrogen and oxygen atoms in total. The Morgan fingerprint density at radius 3 is 2.32 bits per heavy atom. The summed E-state index contributed by atoms with van der Waals surface area (Å²) >= 11 is 0. The molecule has 0 saturated carbocycles. The Labute approximate surface area is 219 Å². The van der Waals surface area contributed by atoms with E-state index in [2.05, 4.69) is 60.8 Å². The number of aromatic nitrogens is 2. The Bertz CT molecular complexity index is 1330. The third-order valence-electron chi connectivity index (χ3n) is 7.72. The fourth-order valence-corrected chi connectivity index (χ4v) is 5.30. The number of hydrogen-bond acceptors (Lipinski definition) is 6.